The average Bonchev–Trinajstić information content (AvgIpc) is 2.87. The van der Waals surface area contributed by atoms with Crippen LogP contribution < -0.4 is 5.32 Å². The fraction of sp³-hybridized carbons (Fsp3) is 0.714. The van der Waals surface area contributed by atoms with E-state index in [2.05, 4.69) is 36.0 Å². The van der Waals surface area contributed by atoms with E-state index in [1.807, 2.05) is 11.3 Å². The maximum absolute atomic E-state index is 3.59. The van der Waals surface area contributed by atoms with Gasteiger partial charge in [-0.2, -0.15) is 11.3 Å². The number of nitrogens with one attached hydrogen (secondary N) is 1. The van der Waals surface area contributed by atoms with Crippen molar-refractivity contribution in [1.29, 1.82) is 0 Å². The highest BCUT2D eigenvalue weighted by Crippen LogP contribution is 2.41. The van der Waals surface area contributed by atoms with Crippen LogP contribution in [-0.2, 0) is 6.42 Å². The van der Waals surface area contributed by atoms with E-state index in [0.717, 1.165) is 12.6 Å². The van der Waals surface area contributed by atoms with Gasteiger partial charge in [-0.05, 0) is 66.5 Å². The van der Waals surface area contributed by atoms with Crippen molar-refractivity contribution in [1.82, 2.24) is 5.32 Å². The van der Waals surface area contributed by atoms with Crippen LogP contribution in [0.4, 0.5) is 0 Å². The molecular weight excluding hydrogens is 214 g/mol. The van der Waals surface area contributed by atoms with Gasteiger partial charge in [0.1, 0.15) is 0 Å². The second-order valence-electron chi connectivity index (χ2n) is 5.44. The van der Waals surface area contributed by atoms with Gasteiger partial charge in [0.15, 0.2) is 0 Å². The SMILES string of the molecule is CCNC1CCC(C)(CCc2ccsc2)C1. The molecule has 16 heavy (non-hydrogen) atoms. The zero-order valence-corrected chi connectivity index (χ0v) is 11.3. The Morgan fingerprint density at radius 2 is 2.44 bits per heavy atom. The van der Waals surface area contributed by atoms with Crippen LogP contribution in [0.1, 0.15) is 45.1 Å². The molecule has 1 heterocycles. The first-order valence-corrected chi connectivity index (χ1v) is 7.40. The van der Waals surface area contributed by atoms with Crippen LogP contribution in [0.2, 0.25) is 0 Å². The van der Waals surface area contributed by atoms with Gasteiger partial charge in [0.05, 0.1) is 0 Å². The van der Waals surface area contributed by atoms with Crippen LogP contribution in [-0.4, -0.2) is 12.6 Å². The third-order valence-electron chi connectivity index (χ3n) is 3.93. The van der Waals surface area contributed by atoms with Gasteiger partial charge in [0, 0.05) is 6.04 Å². The van der Waals surface area contributed by atoms with Gasteiger partial charge in [0.25, 0.3) is 0 Å². The van der Waals surface area contributed by atoms with Gasteiger partial charge >= 0.3 is 0 Å². The van der Waals surface area contributed by atoms with Gasteiger partial charge in [-0.15, -0.1) is 0 Å². The molecule has 0 spiro atoms. The summed E-state index contributed by atoms with van der Waals surface area (Å²) in [5, 5.41) is 8.07. The molecule has 1 aliphatic rings. The van der Waals surface area contributed by atoms with Crippen molar-refractivity contribution in [2.24, 2.45) is 5.41 Å². The lowest BCUT2D eigenvalue weighted by Gasteiger charge is -2.24. The van der Waals surface area contributed by atoms with Gasteiger partial charge in [-0.3, -0.25) is 0 Å². The van der Waals surface area contributed by atoms with E-state index in [1.54, 1.807) is 0 Å². The van der Waals surface area contributed by atoms with Crippen LogP contribution in [0, 0.1) is 5.41 Å². The highest BCUT2D eigenvalue weighted by Gasteiger charge is 2.33. The molecule has 1 aromatic rings. The second kappa shape index (κ2) is 5.33. The summed E-state index contributed by atoms with van der Waals surface area (Å²) in [4.78, 5) is 0. The minimum atomic E-state index is 0.578. The van der Waals surface area contributed by atoms with Crippen molar-refractivity contribution in [3.05, 3.63) is 22.4 Å². The minimum Gasteiger partial charge on any atom is -0.314 e. The Bertz CT molecular complexity index is 307. The number of aryl methyl sites for hydroxylation is 1. The first-order valence-electron chi connectivity index (χ1n) is 6.46. The largest absolute Gasteiger partial charge is 0.314 e. The summed E-state index contributed by atoms with van der Waals surface area (Å²) in [5.74, 6) is 0. The van der Waals surface area contributed by atoms with Crippen LogP contribution in [0.25, 0.3) is 0 Å². The molecule has 1 nitrogen and oxygen atoms in total. The van der Waals surface area contributed by atoms with E-state index in [1.165, 1.54) is 37.7 Å². The third kappa shape index (κ3) is 3.08. The van der Waals surface area contributed by atoms with Gasteiger partial charge in [-0.25, -0.2) is 0 Å². The minimum absolute atomic E-state index is 0.578. The summed E-state index contributed by atoms with van der Waals surface area (Å²) in [5.41, 5.74) is 2.10. The molecule has 2 heteroatoms. The summed E-state index contributed by atoms with van der Waals surface area (Å²) in [6, 6.07) is 3.04. The predicted octanol–water partition coefficient (Wildman–Crippen LogP) is 3.85. The lowest BCUT2D eigenvalue weighted by atomic mass is 9.83. The third-order valence-corrected chi connectivity index (χ3v) is 4.66. The predicted molar refractivity (Wildman–Crippen MR) is 72.1 cm³/mol. The average molecular weight is 237 g/mol. The number of thiophene rings is 1. The molecule has 1 aliphatic carbocycles. The summed E-state index contributed by atoms with van der Waals surface area (Å²) in [7, 11) is 0. The van der Waals surface area contributed by atoms with Crippen LogP contribution >= 0.6 is 11.3 Å². The molecule has 1 fully saturated rings. The standard InChI is InChI=1S/C14H23NS/c1-3-15-13-5-8-14(2,10-13)7-4-12-6-9-16-11-12/h6,9,11,13,15H,3-5,7-8,10H2,1-2H3. The molecule has 2 atom stereocenters. The molecule has 0 radical (unpaired) electrons. The van der Waals surface area contributed by atoms with E-state index < -0.39 is 0 Å². The van der Waals surface area contributed by atoms with Crippen molar-refractivity contribution in [2.75, 3.05) is 6.54 Å². The van der Waals surface area contributed by atoms with Gasteiger partial charge in [-0.1, -0.05) is 13.8 Å². The smallest absolute Gasteiger partial charge is 0.00723 e. The number of hydrogen-bond acceptors (Lipinski definition) is 2. The molecule has 0 saturated heterocycles. The molecule has 1 aromatic heterocycles. The molecule has 0 bridgehead atoms. The summed E-state index contributed by atoms with van der Waals surface area (Å²) in [6.07, 6.45) is 6.75. The fourth-order valence-electron chi connectivity index (χ4n) is 2.89. The molecule has 2 rings (SSSR count). The quantitative estimate of drug-likeness (QED) is 0.820. The number of rotatable bonds is 5. The zero-order valence-electron chi connectivity index (χ0n) is 10.5. The molecule has 90 valence electrons. The van der Waals surface area contributed by atoms with Gasteiger partial charge in [0.2, 0.25) is 0 Å². The maximum atomic E-state index is 3.59. The molecule has 0 aliphatic heterocycles. The van der Waals surface area contributed by atoms with E-state index >= 15 is 0 Å². The highest BCUT2D eigenvalue weighted by molar-refractivity contribution is 7.07. The monoisotopic (exact) mass is 237 g/mol. The lowest BCUT2D eigenvalue weighted by molar-refractivity contribution is 0.299. The van der Waals surface area contributed by atoms with E-state index in [9.17, 15) is 0 Å². The topological polar surface area (TPSA) is 12.0 Å². The summed E-state index contributed by atoms with van der Waals surface area (Å²) < 4.78 is 0. The Hall–Kier alpha value is -0.340. The highest BCUT2D eigenvalue weighted by atomic mass is 32.1. The Kier molecular flexibility index (Phi) is 4.04. The van der Waals surface area contributed by atoms with Crippen molar-refractivity contribution >= 4 is 11.3 Å². The van der Waals surface area contributed by atoms with Crippen LogP contribution in [0.15, 0.2) is 16.8 Å². The van der Waals surface area contributed by atoms with Crippen LogP contribution in [0.3, 0.4) is 0 Å². The Morgan fingerprint density at radius 1 is 1.56 bits per heavy atom. The first-order chi connectivity index (χ1) is 7.72. The molecule has 0 aromatic carbocycles. The lowest BCUT2D eigenvalue weighted by Crippen LogP contribution is -2.27. The van der Waals surface area contributed by atoms with Crippen molar-refractivity contribution < 1.29 is 0 Å². The summed E-state index contributed by atoms with van der Waals surface area (Å²) in [6.45, 7) is 5.79. The summed E-state index contributed by atoms with van der Waals surface area (Å²) >= 11 is 1.82. The number of hydrogen-bond donors (Lipinski definition) is 1. The first kappa shape index (κ1) is 12.1. The van der Waals surface area contributed by atoms with E-state index in [4.69, 9.17) is 0 Å². The molecule has 1 saturated carbocycles. The molecule has 1 N–H and O–H groups in total. The Labute approximate surface area is 103 Å². The van der Waals surface area contributed by atoms with Crippen molar-refractivity contribution in [3.8, 4) is 0 Å². The molecule has 0 amide bonds. The molecule has 2 unspecified atom stereocenters. The molecular formula is C14H23NS. The van der Waals surface area contributed by atoms with Gasteiger partial charge < -0.3 is 5.32 Å². The zero-order chi connectivity index (χ0) is 11.4. The second-order valence-corrected chi connectivity index (χ2v) is 6.22. The van der Waals surface area contributed by atoms with Crippen molar-refractivity contribution in [3.63, 3.8) is 0 Å². The van der Waals surface area contributed by atoms with Crippen LogP contribution in [0.5, 0.6) is 0 Å². The van der Waals surface area contributed by atoms with E-state index in [0.29, 0.717) is 5.41 Å². The Morgan fingerprint density at radius 3 is 3.12 bits per heavy atom. The Balaban J connectivity index is 1.81. The maximum Gasteiger partial charge on any atom is 0.00723 e. The van der Waals surface area contributed by atoms with E-state index in [-0.39, 0.29) is 0 Å². The normalized spacial score (nSPS) is 29.8. The fourth-order valence-corrected chi connectivity index (χ4v) is 3.60. The van der Waals surface area contributed by atoms with Crippen molar-refractivity contribution in [2.45, 2.75) is 52.0 Å².